The van der Waals surface area contributed by atoms with E-state index in [9.17, 15) is 4.39 Å². The van der Waals surface area contributed by atoms with Gasteiger partial charge in [0.05, 0.1) is 11.4 Å². The molecule has 1 N–H and O–H groups in total. The average molecular weight is 273 g/mol. The molecule has 0 unspecified atom stereocenters. The molecule has 4 heteroatoms. The molecule has 0 aliphatic heterocycles. The first-order valence-electron chi connectivity index (χ1n) is 7.21. The summed E-state index contributed by atoms with van der Waals surface area (Å²) >= 11 is 0. The lowest BCUT2D eigenvalue weighted by Gasteiger charge is -2.13. The maximum atomic E-state index is 13.5. The number of nitrogens with zero attached hydrogens (tertiary/aromatic N) is 2. The summed E-state index contributed by atoms with van der Waals surface area (Å²) < 4.78 is 15.3. The van der Waals surface area contributed by atoms with Crippen molar-refractivity contribution in [3.8, 4) is 5.69 Å². The van der Waals surface area contributed by atoms with Crippen molar-refractivity contribution in [3.63, 3.8) is 0 Å². The average Bonchev–Trinajstić information content (AvgIpc) is 3.15. The molecule has 106 valence electrons. The SMILES string of the molecule is CC(C)NCc1cc(F)ccc1-n1ccc(C2CC2)n1. The molecule has 0 radical (unpaired) electrons. The first-order chi connectivity index (χ1) is 9.63. The third kappa shape index (κ3) is 2.90. The molecule has 0 amide bonds. The molecule has 1 saturated carbocycles. The molecule has 3 nitrogen and oxygen atoms in total. The van der Waals surface area contributed by atoms with Crippen LogP contribution in [0.4, 0.5) is 4.39 Å². The highest BCUT2D eigenvalue weighted by molar-refractivity contribution is 5.41. The van der Waals surface area contributed by atoms with Crippen LogP contribution in [0.5, 0.6) is 0 Å². The minimum atomic E-state index is -0.205. The van der Waals surface area contributed by atoms with E-state index in [2.05, 4.69) is 30.3 Å². The molecule has 1 aliphatic carbocycles. The summed E-state index contributed by atoms with van der Waals surface area (Å²) in [5, 5.41) is 7.96. The Morgan fingerprint density at radius 3 is 2.85 bits per heavy atom. The first kappa shape index (κ1) is 13.3. The van der Waals surface area contributed by atoms with Crippen molar-refractivity contribution in [1.29, 1.82) is 0 Å². The normalized spacial score (nSPS) is 15.0. The fourth-order valence-corrected chi connectivity index (χ4v) is 2.30. The summed E-state index contributed by atoms with van der Waals surface area (Å²) in [6.07, 6.45) is 4.45. The van der Waals surface area contributed by atoms with Crippen LogP contribution in [0.2, 0.25) is 0 Å². The standard InChI is InChI=1S/C16H20FN3/c1-11(2)18-10-13-9-14(17)5-6-16(13)20-8-7-15(19-20)12-3-4-12/h5-9,11-12,18H,3-4,10H2,1-2H3. The maximum Gasteiger partial charge on any atom is 0.123 e. The van der Waals surface area contributed by atoms with E-state index in [0.717, 1.165) is 16.9 Å². The van der Waals surface area contributed by atoms with Gasteiger partial charge in [0, 0.05) is 24.7 Å². The quantitative estimate of drug-likeness (QED) is 0.905. The number of halogens is 1. The third-order valence-electron chi connectivity index (χ3n) is 3.59. The second-order valence-electron chi connectivity index (χ2n) is 5.77. The monoisotopic (exact) mass is 273 g/mol. The van der Waals surface area contributed by atoms with Gasteiger partial charge in [-0.3, -0.25) is 0 Å². The lowest BCUT2D eigenvalue weighted by molar-refractivity contribution is 0.578. The molecule has 1 fully saturated rings. The Labute approximate surface area is 118 Å². The van der Waals surface area contributed by atoms with Crippen LogP contribution >= 0.6 is 0 Å². The number of aromatic nitrogens is 2. The van der Waals surface area contributed by atoms with Crippen molar-refractivity contribution in [1.82, 2.24) is 15.1 Å². The predicted molar refractivity (Wildman–Crippen MR) is 77.5 cm³/mol. The fourth-order valence-electron chi connectivity index (χ4n) is 2.30. The highest BCUT2D eigenvalue weighted by Gasteiger charge is 2.26. The molecule has 0 saturated heterocycles. The van der Waals surface area contributed by atoms with Crippen molar-refractivity contribution < 1.29 is 4.39 Å². The van der Waals surface area contributed by atoms with Crippen molar-refractivity contribution >= 4 is 0 Å². The van der Waals surface area contributed by atoms with E-state index < -0.39 is 0 Å². The minimum Gasteiger partial charge on any atom is -0.310 e. The Balaban J connectivity index is 1.89. The topological polar surface area (TPSA) is 29.9 Å². The molecule has 1 aromatic heterocycles. The molecular weight excluding hydrogens is 253 g/mol. The van der Waals surface area contributed by atoms with Gasteiger partial charge in [0.15, 0.2) is 0 Å². The minimum absolute atomic E-state index is 0.205. The predicted octanol–water partition coefficient (Wildman–Crippen LogP) is 3.39. The fraction of sp³-hybridized carbons (Fsp3) is 0.438. The smallest absolute Gasteiger partial charge is 0.123 e. The maximum absolute atomic E-state index is 13.5. The number of nitrogens with one attached hydrogen (secondary N) is 1. The van der Waals surface area contributed by atoms with E-state index in [1.807, 2.05) is 10.9 Å². The van der Waals surface area contributed by atoms with E-state index >= 15 is 0 Å². The molecular formula is C16H20FN3. The van der Waals surface area contributed by atoms with Crippen LogP contribution in [-0.2, 0) is 6.54 Å². The number of hydrogen-bond acceptors (Lipinski definition) is 2. The summed E-state index contributed by atoms with van der Waals surface area (Å²) in [5.74, 6) is 0.429. The molecule has 0 bridgehead atoms. The highest BCUT2D eigenvalue weighted by Crippen LogP contribution is 2.39. The Morgan fingerprint density at radius 2 is 2.15 bits per heavy atom. The summed E-state index contributed by atoms with van der Waals surface area (Å²) in [7, 11) is 0. The summed E-state index contributed by atoms with van der Waals surface area (Å²) in [5.41, 5.74) is 3.03. The Hall–Kier alpha value is -1.68. The van der Waals surface area contributed by atoms with E-state index in [0.29, 0.717) is 18.5 Å². The number of benzene rings is 1. The molecule has 2 aromatic rings. The van der Waals surface area contributed by atoms with Crippen molar-refractivity contribution in [2.45, 2.75) is 45.2 Å². The molecule has 1 heterocycles. The summed E-state index contributed by atoms with van der Waals surface area (Å²) in [6, 6.07) is 7.32. The second-order valence-corrected chi connectivity index (χ2v) is 5.77. The Kier molecular flexibility index (Phi) is 3.57. The number of rotatable bonds is 5. The molecule has 20 heavy (non-hydrogen) atoms. The molecule has 0 atom stereocenters. The lowest BCUT2D eigenvalue weighted by atomic mass is 10.1. The molecule has 0 spiro atoms. The van der Waals surface area contributed by atoms with Crippen LogP contribution in [0.3, 0.4) is 0 Å². The van der Waals surface area contributed by atoms with Crippen LogP contribution < -0.4 is 5.32 Å². The Morgan fingerprint density at radius 1 is 1.35 bits per heavy atom. The van der Waals surface area contributed by atoms with Gasteiger partial charge >= 0.3 is 0 Å². The van der Waals surface area contributed by atoms with Gasteiger partial charge in [0.1, 0.15) is 5.82 Å². The van der Waals surface area contributed by atoms with Crippen LogP contribution in [0, 0.1) is 5.82 Å². The van der Waals surface area contributed by atoms with Gasteiger partial charge in [-0.2, -0.15) is 5.10 Å². The van der Waals surface area contributed by atoms with E-state index in [-0.39, 0.29) is 5.82 Å². The van der Waals surface area contributed by atoms with Crippen LogP contribution in [-0.4, -0.2) is 15.8 Å². The molecule has 3 rings (SSSR count). The summed E-state index contributed by atoms with van der Waals surface area (Å²) in [4.78, 5) is 0. The third-order valence-corrected chi connectivity index (χ3v) is 3.59. The van der Waals surface area contributed by atoms with Gasteiger partial charge in [0.2, 0.25) is 0 Å². The van der Waals surface area contributed by atoms with Crippen LogP contribution in [0.25, 0.3) is 5.69 Å². The van der Waals surface area contributed by atoms with Crippen molar-refractivity contribution in [2.75, 3.05) is 0 Å². The highest BCUT2D eigenvalue weighted by atomic mass is 19.1. The van der Waals surface area contributed by atoms with Crippen molar-refractivity contribution in [2.24, 2.45) is 0 Å². The largest absolute Gasteiger partial charge is 0.310 e. The Bertz CT molecular complexity index is 600. The van der Waals surface area contributed by atoms with Crippen LogP contribution in [0.15, 0.2) is 30.5 Å². The van der Waals surface area contributed by atoms with E-state index in [1.54, 1.807) is 12.1 Å². The molecule has 1 aliphatic rings. The van der Waals surface area contributed by atoms with Crippen LogP contribution in [0.1, 0.15) is 43.9 Å². The van der Waals surface area contributed by atoms with Gasteiger partial charge < -0.3 is 5.32 Å². The second kappa shape index (κ2) is 5.37. The van der Waals surface area contributed by atoms with Gasteiger partial charge in [-0.05, 0) is 42.7 Å². The number of hydrogen-bond donors (Lipinski definition) is 1. The first-order valence-corrected chi connectivity index (χ1v) is 7.21. The summed E-state index contributed by atoms with van der Waals surface area (Å²) in [6.45, 7) is 4.81. The zero-order chi connectivity index (χ0) is 14.1. The van der Waals surface area contributed by atoms with Gasteiger partial charge in [-0.15, -0.1) is 0 Å². The van der Waals surface area contributed by atoms with Gasteiger partial charge in [-0.1, -0.05) is 13.8 Å². The zero-order valence-corrected chi connectivity index (χ0v) is 11.9. The van der Waals surface area contributed by atoms with E-state index in [4.69, 9.17) is 0 Å². The zero-order valence-electron chi connectivity index (χ0n) is 11.9. The molecule has 1 aromatic carbocycles. The van der Waals surface area contributed by atoms with Gasteiger partial charge in [-0.25, -0.2) is 9.07 Å². The van der Waals surface area contributed by atoms with E-state index in [1.165, 1.54) is 18.9 Å². The lowest BCUT2D eigenvalue weighted by Crippen LogP contribution is -2.22. The van der Waals surface area contributed by atoms with Crippen molar-refractivity contribution in [3.05, 3.63) is 47.5 Å². The van der Waals surface area contributed by atoms with Gasteiger partial charge in [0.25, 0.3) is 0 Å².